The van der Waals surface area contributed by atoms with Crippen molar-refractivity contribution in [2.75, 3.05) is 19.3 Å². The average molecular weight is 277 g/mol. The molecule has 2 amide bonds. The first-order valence-electron chi connectivity index (χ1n) is 5.88. The van der Waals surface area contributed by atoms with Gasteiger partial charge in [-0.3, -0.25) is 13.8 Å². The summed E-state index contributed by atoms with van der Waals surface area (Å²) in [5, 5.41) is 4.96. The van der Waals surface area contributed by atoms with Gasteiger partial charge < -0.3 is 16.4 Å². The molecule has 0 aromatic carbocycles. The lowest BCUT2D eigenvalue weighted by Crippen LogP contribution is -2.47. The monoisotopic (exact) mass is 277 g/mol. The van der Waals surface area contributed by atoms with E-state index in [0.717, 1.165) is 0 Å². The molecule has 106 valence electrons. The summed E-state index contributed by atoms with van der Waals surface area (Å²) in [6.07, 6.45) is 1.58. The van der Waals surface area contributed by atoms with Gasteiger partial charge in [-0.25, -0.2) is 0 Å². The standard InChI is InChI=1S/C11H23N3O3S/c1-7(2)10(12)11(16)14-6-9(15)13-5-8(3)18(4)17/h7-8,10H,5-6,12H2,1-4H3,(H,13,15)(H,14,16)/t8?,10-,18?/m0/s1. The molecule has 0 heterocycles. The van der Waals surface area contributed by atoms with Gasteiger partial charge >= 0.3 is 0 Å². The van der Waals surface area contributed by atoms with Gasteiger partial charge in [-0.1, -0.05) is 13.8 Å². The number of carbonyl (C=O) groups excluding carboxylic acids is 2. The maximum absolute atomic E-state index is 11.5. The smallest absolute Gasteiger partial charge is 0.239 e. The SMILES string of the molecule is CC(C)[C@H](N)C(=O)NCC(=O)NCC(C)S(C)=O. The second-order valence-electron chi connectivity index (χ2n) is 4.60. The van der Waals surface area contributed by atoms with Crippen LogP contribution in [0.3, 0.4) is 0 Å². The van der Waals surface area contributed by atoms with Crippen molar-refractivity contribution < 1.29 is 13.8 Å². The minimum atomic E-state index is -0.975. The summed E-state index contributed by atoms with van der Waals surface area (Å²) in [5.74, 6) is -0.625. The van der Waals surface area contributed by atoms with Crippen LogP contribution >= 0.6 is 0 Å². The summed E-state index contributed by atoms with van der Waals surface area (Å²) in [6.45, 7) is 5.67. The van der Waals surface area contributed by atoms with Crippen molar-refractivity contribution in [3.8, 4) is 0 Å². The highest BCUT2D eigenvalue weighted by atomic mass is 32.2. The third-order valence-corrected chi connectivity index (χ3v) is 3.90. The van der Waals surface area contributed by atoms with Crippen LogP contribution in [0.5, 0.6) is 0 Å². The number of carbonyl (C=O) groups is 2. The van der Waals surface area contributed by atoms with Gasteiger partial charge in [-0.05, 0) is 12.8 Å². The molecule has 0 aliphatic carbocycles. The Labute approximate surface area is 111 Å². The molecular weight excluding hydrogens is 254 g/mol. The summed E-state index contributed by atoms with van der Waals surface area (Å²) in [4.78, 5) is 22.9. The van der Waals surface area contributed by atoms with E-state index in [1.54, 1.807) is 13.2 Å². The highest BCUT2D eigenvalue weighted by molar-refractivity contribution is 7.84. The minimum Gasteiger partial charge on any atom is -0.353 e. The fourth-order valence-corrected chi connectivity index (χ4v) is 1.34. The molecule has 0 aromatic heterocycles. The molecule has 6 nitrogen and oxygen atoms in total. The van der Waals surface area contributed by atoms with E-state index in [1.165, 1.54) is 0 Å². The summed E-state index contributed by atoms with van der Waals surface area (Å²) in [5.41, 5.74) is 5.62. The van der Waals surface area contributed by atoms with E-state index in [1.807, 2.05) is 13.8 Å². The normalized spacial score (nSPS) is 15.9. The summed E-state index contributed by atoms with van der Waals surface area (Å²) >= 11 is 0. The lowest BCUT2D eigenvalue weighted by molar-refractivity contribution is -0.127. The first-order chi connectivity index (χ1) is 8.25. The lowest BCUT2D eigenvalue weighted by Gasteiger charge is -2.15. The molecule has 0 aliphatic rings. The van der Waals surface area contributed by atoms with Crippen LogP contribution in [-0.4, -0.2) is 46.7 Å². The molecule has 0 bridgehead atoms. The minimum absolute atomic E-state index is 0.0237. The first kappa shape index (κ1) is 17.1. The molecule has 0 aromatic rings. The van der Waals surface area contributed by atoms with E-state index in [9.17, 15) is 13.8 Å². The van der Waals surface area contributed by atoms with Crippen molar-refractivity contribution >= 4 is 22.6 Å². The van der Waals surface area contributed by atoms with E-state index < -0.39 is 16.8 Å². The molecule has 3 atom stereocenters. The van der Waals surface area contributed by atoms with Crippen molar-refractivity contribution in [1.82, 2.24) is 10.6 Å². The zero-order valence-electron chi connectivity index (χ0n) is 11.4. The molecule has 0 saturated heterocycles. The largest absolute Gasteiger partial charge is 0.353 e. The Morgan fingerprint density at radius 3 is 2.22 bits per heavy atom. The van der Waals surface area contributed by atoms with Crippen molar-refractivity contribution in [2.45, 2.75) is 32.1 Å². The van der Waals surface area contributed by atoms with Gasteiger partial charge in [0.15, 0.2) is 0 Å². The second-order valence-corrected chi connectivity index (χ2v) is 6.40. The van der Waals surface area contributed by atoms with Crippen LogP contribution in [0.1, 0.15) is 20.8 Å². The Hall–Kier alpha value is -0.950. The van der Waals surface area contributed by atoms with Crippen LogP contribution < -0.4 is 16.4 Å². The van der Waals surface area contributed by atoms with Crippen LogP contribution in [0.4, 0.5) is 0 Å². The molecule has 0 fully saturated rings. The van der Waals surface area contributed by atoms with Crippen molar-refractivity contribution in [3.63, 3.8) is 0 Å². The highest BCUT2D eigenvalue weighted by Crippen LogP contribution is 1.97. The van der Waals surface area contributed by atoms with E-state index >= 15 is 0 Å². The first-order valence-corrected chi connectivity index (χ1v) is 7.50. The fraction of sp³-hybridized carbons (Fsp3) is 0.818. The molecule has 18 heavy (non-hydrogen) atoms. The summed E-state index contributed by atoms with van der Waals surface area (Å²) < 4.78 is 11.1. The van der Waals surface area contributed by atoms with E-state index in [2.05, 4.69) is 10.6 Å². The third kappa shape index (κ3) is 6.70. The third-order valence-electron chi connectivity index (χ3n) is 2.60. The Morgan fingerprint density at radius 1 is 1.22 bits per heavy atom. The summed E-state index contributed by atoms with van der Waals surface area (Å²) in [7, 11) is -0.975. The maximum Gasteiger partial charge on any atom is 0.239 e. The van der Waals surface area contributed by atoms with E-state index in [4.69, 9.17) is 5.73 Å². The highest BCUT2D eigenvalue weighted by Gasteiger charge is 2.17. The van der Waals surface area contributed by atoms with Gasteiger partial charge in [-0.15, -0.1) is 0 Å². The zero-order valence-corrected chi connectivity index (χ0v) is 12.2. The molecule has 2 unspecified atom stereocenters. The fourth-order valence-electron chi connectivity index (χ4n) is 1.03. The Bertz CT molecular complexity index is 321. The zero-order chi connectivity index (χ0) is 14.3. The predicted octanol–water partition coefficient (Wildman–Crippen LogP) is -1.03. The van der Waals surface area contributed by atoms with E-state index in [-0.39, 0.29) is 29.5 Å². The molecule has 0 radical (unpaired) electrons. The van der Waals surface area contributed by atoms with Crippen LogP contribution in [-0.2, 0) is 20.4 Å². The van der Waals surface area contributed by atoms with Crippen LogP contribution in [0.15, 0.2) is 0 Å². The molecule has 0 rings (SSSR count). The topological polar surface area (TPSA) is 101 Å². The van der Waals surface area contributed by atoms with Crippen molar-refractivity contribution in [2.24, 2.45) is 11.7 Å². The van der Waals surface area contributed by atoms with Gasteiger partial charge in [0.05, 0.1) is 12.6 Å². The number of rotatable bonds is 7. The van der Waals surface area contributed by atoms with E-state index in [0.29, 0.717) is 6.54 Å². The average Bonchev–Trinajstić information content (AvgIpc) is 2.31. The lowest BCUT2D eigenvalue weighted by atomic mass is 10.1. The number of hydrogen-bond donors (Lipinski definition) is 3. The van der Waals surface area contributed by atoms with Gasteiger partial charge in [0.1, 0.15) is 0 Å². The van der Waals surface area contributed by atoms with Gasteiger partial charge in [-0.2, -0.15) is 0 Å². The van der Waals surface area contributed by atoms with Crippen LogP contribution in [0.25, 0.3) is 0 Å². The van der Waals surface area contributed by atoms with Crippen LogP contribution in [0.2, 0.25) is 0 Å². The molecule has 4 N–H and O–H groups in total. The Morgan fingerprint density at radius 2 is 1.78 bits per heavy atom. The van der Waals surface area contributed by atoms with Crippen molar-refractivity contribution in [3.05, 3.63) is 0 Å². The van der Waals surface area contributed by atoms with Gasteiger partial charge in [0, 0.05) is 28.9 Å². The number of amides is 2. The molecule has 0 spiro atoms. The number of nitrogens with one attached hydrogen (secondary N) is 2. The van der Waals surface area contributed by atoms with Gasteiger partial charge in [0.25, 0.3) is 0 Å². The van der Waals surface area contributed by atoms with Gasteiger partial charge in [0.2, 0.25) is 11.8 Å². The number of nitrogens with two attached hydrogens (primary N) is 1. The predicted molar refractivity (Wildman–Crippen MR) is 72.4 cm³/mol. The molecule has 7 heteroatoms. The maximum atomic E-state index is 11.5. The van der Waals surface area contributed by atoms with Crippen LogP contribution in [0, 0.1) is 5.92 Å². The Kier molecular flexibility index (Phi) is 7.77. The Balaban J connectivity index is 3.91. The number of hydrogen-bond acceptors (Lipinski definition) is 4. The molecule has 0 aliphatic heterocycles. The summed E-state index contributed by atoms with van der Waals surface area (Å²) in [6, 6.07) is -0.611. The quantitative estimate of drug-likeness (QED) is 0.554. The second kappa shape index (κ2) is 8.20. The molecular formula is C11H23N3O3S. The van der Waals surface area contributed by atoms with Crippen molar-refractivity contribution in [1.29, 1.82) is 0 Å². The molecule has 0 saturated carbocycles.